The van der Waals surface area contributed by atoms with Crippen molar-refractivity contribution in [3.05, 3.63) is 29.8 Å². The second-order valence-electron chi connectivity index (χ2n) is 8.65. The molecular formula is C22H36N3O3S+. The highest BCUT2D eigenvalue weighted by molar-refractivity contribution is 7.89. The minimum Gasteiger partial charge on any atom is -0.348 e. The summed E-state index contributed by atoms with van der Waals surface area (Å²) < 4.78 is 27.6. The van der Waals surface area contributed by atoms with Gasteiger partial charge in [-0.1, -0.05) is 38.8 Å². The number of nitrogens with zero attached hydrogens (tertiary/aromatic N) is 1. The molecule has 0 bridgehead atoms. The van der Waals surface area contributed by atoms with Crippen LogP contribution in [0.15, 0.2) is 29.2 Å². The topological polar surface area (TPSA) is 70.9 Å². The molecule has 1 amide bonds. The van der Waals surface area contributed by atoms with E-state index in [1.165, 1.54) is 23.3 Å². The average Bonchev–Trinajstić information content (AvgIpc) is 3.25. The number of carbonyl (C=O) groups excluding carboxylic acids is 1. The summed E-state index contributed by atoms with van der Waals surface area (Å²) in [5.41, 5.74) is 1.17. The van der Waals surface area contributed by atoms with E-state index in [2.05, 4.69) is 19.2 Å². The zero-order valence-electron chi connectivity index (χ0n) is 18.0. The standard InChI is InChI=1S/C22H35N3O3S/c1-4-17(2)19-9-11-21(12-10-19)29(27,28)25-15-13-24(14-16-25)18(3)22(26)23-20-7-5-6-8-20/h9-12,17-18,20H,4-8,13-16H2,1-3H3,(H,23,26)/p+1/t17-,18-/m1/s1. The third-order valence-electron chi connectivity index (χ3n) is 6.77. The molecule has 1 heterocycles. The van der Waals surface area contributed by atoms with Gasteiger partial charge < -0.3 is 10.2 Å². The summed E-state index contributed by atoms with van der Waals surface area (Å²) in [4.78, 5) is 14.1. The molecular weight excluding hydrogens is 386 g/mol. The lowest BCUT2D eigenvalue weighted by Crippen LogP contribution is -3.19. The lowest BCUT2D eigenvalue weighted by Gasteiger charge is -2.34. The normalized spacial score (nSPS) is 21.8. The quantitative estimate of drug-likeness (QED) is 0.700. The van der Waals surface area contributed by atoms with Crippen molar-refractivity contribution in [1.82, 2.24) is 9.62 Å². The molecule has 0 spiro atoms. The van der Waals surface area contributed by atoms with Gasteiger partial charge in [0.25, 0.3) is 5.91 Å². The van der Waals surface area contributed by atoms with Crippen LogP contribution in [0.2, 0.25) is 0 Å². The molecule has 1 saturated heterocycles. The van der Waals surface area contributed by atoms with Crippen LogP contribution < -0.4 is 10.2 Å². The summed E-state index contributed by atoms with van der Waals surface area (Å²) in [6, 6.07) is 7.50. The molecule has 2 aliphatic rings. The molecule has 7 heteroatoms. The maximum absolute atomic E-state index is 13.0. The fourth-order valence-electron chi connectivity index (χ4n) is 4.38. The molecule has 2 N–H and O–H groups in total. The summed E-state index contributed by atoms with van der Waals surface area (Å²) >= 11 is 0. The zero-order valence-corrected chi connectivity index (χ0v) is 18.8. The first-order valence-electron chi connectivity index (χ1n) is 11.1. The molecule has 1 aromatic carbocycles. The number of piperazine rings is 1. The first-order chi connectivity index (χ1) is 13.8. The highest BCUT2D eigenvalue weighted by Gasteiger charge is 2.35. The van der Waals surface area contributed by atoms with Gasteiger partial charge in [-0.05, 0) is 49.8 Å². The highest BCUT2D eigenvalue weighted by atomic mass is 32.2. The maximum atomic E-state index is 13.0. The summed E-state index contributed by atoms with van der Waals surface area (Å²) in [6.07, 6.45) is 5.58. The number of amides is 1. The molecule has 1 aliphatic heterocycles. The summed E-state index contributed by atoms with van der Waals surface area (Å²) in [6.45, 7) is 8.45. The van der Waals surface area contributed by atoms with E-state index in [-0.39, 0.29) is 11.9 Å². The van der Waals surface area contributed by atoms with Gasteiger partial charge in [-0.2, -0.15) is 4.31 Å². The Morgan fingerprint density at radius 1 is 1.14 bits per heavy atom. The molecule has 0 aromatic heterocycles. The van der Waals surface area contributed by atoms with Crippen LogP contribution in [0.3, 0.4) is 0 Å². The predicted molar refractivity (Wildman–Crippen MR) is 114 cm³/mol. The van der Waals surface area contributed by atoms with Gasteiger partial charge >= 0.3 is 0 Å². The Hall–Kier alpha value is -1.44. The van der Waals surface area contributed by atoms with Crippen LogP contribution in [-0.2, 0) is 14.8 Å². The molecule has 1 saturated carbocycles. The fourth-order valence-corrected chi connectivity index (χ4v) is 5.82. The van der Waals surface area contributed by atoms with Crippen molar-refractivity contribution in [2.45, 2.75) is 75.8 Å². The van der Waals surface area contributed by atoms with Crippen LogP contribution >= 0.6 is 0 Å². The number of carbonyl (C=O) groups is 1. The maximum Gasteiger partial charge on any atom is 0.278 e. The zero-order chi connectivity index (χ0) is 21.0. The number of benzene rings is 1. The van der Waals surface area contributed by atoms with Crippen LogP contribution in [0.25, 0.3) is 0 Å². The SMILES string of the molecule is CC[C@@H](C)c1ccc(S(=O)(=O)N2CC[NH+]([C@H](C)C(=O)NC3CCCC3)CC2)cc1. The van der Waals surface area contributed by atoms with Crippen LogP contribution in [0.1, 0.15) is 64.4 Å². The van der Waals surface area contributed by atoms with E-state index in [1.807, 2.05) is 19.1 Å². The lowest BCUT2D eigenvalue weighted by atomic mass is 9.99. The van der Waals surface area contributed by atoms with E-state index in [1.54, 1.807) is 16.4 Å². The van der Waals surface area contributed by atoms with Crippen LogP contribution in [0.5, 0.6) is 0 Å². The van der Waals surface area contributed by atoms with Gasteiger partial charge in [0.1, 0.15) is 0 Å². The van der Waals surface area contributed by atoms with Gasteiger partial charge in [-0.25, -0.2) is 8.42 Å². The van der Waals surface area contributed by atoms with Crippen LogP contribution in [0.4, 0.5) is 0 Å². The Balaban J connectivity index is 1.56. The molecule has 2 atom stereocenters. The number of hydrogen-bond acceptors (Lipinski definition) is 3. The number of quaternary nitrogens is 1. The van der Waals surface area contributed by atoms with Crippen LogP contribution in [-0.4, -0.2) is 56.9 Å². The van der Waals surface area contributed by atoms with E-state index < -0.39 is 10.0 Å². The molecule has 0 radical (unpaired) electrons. The van der Waals surface area contributed by atoms with Crippen molar-refractivity contribution in [3.8, 4) is 0 Å². The molecule has 0 unspecified atom stereocenters. The molecule has 162 valence electrons. The Kier molecular flexibility index (Phi) is 7.35. The lowest BCUT2D eigenvalue weighted by molar-refractivity contribution is -0.917. The van der Waals surface area contributed by atoms with Gasteiger partial charge in [-0.3, -0.25) is 4.79 Å². The smallest absolute Gasteiger partial charge is 0.278 e. The average molecular weight is 423 g/mol. The van der Waals surface area contributed by atoms with E-state index in [9.17, 15) is 13.2 Å². The number of hydrogen-bond donors (Lipinski definition) is 2. The van der Waals surface area contributed by atoms with Crippen molar-refractivity contribution in [3.63, 3.8) is 0 Å². The van der Waals surface area contributed by atoms with Crippen LogP contribution in [0, 0.1) is 0 Å². The van der Waals surface area contributed by atoms with E-state index in [0.29, 0.717) is 43.0 Å². The van der Waals surface area contributed by atoms with Crippen molar-refractivity contribution in [2.24, 2.45) is 0 Å². The van der Waals surface area contributed by atoms with Gasteiger partial charge in [-0.15, -0.1) is 0 Å². The molecule has 1 aromatic rings. The molecule has 1 aliphatic carbocycles. The fraction of sp³-hybridized carbons (Fsp3) is 0.682. The van der Waals surface area contributed by atoms with Gasteiger partial charge in [0, 0.05) is 6.04 Å². The Labute approximate surface area is 175 Å². The largest absolute Gasteiger partial charge is 0.348 e. The van der Waals surface area contributed by atoms with Gasteiger partial charge in [0.05, 0.1) is 31.1 Å². The Morgan fingerprint density at radius 3 is 2.28 bits per heavy atom. The third kappa shape index (κ3) is 5.19. The van der Waals surface area contributed by atoms with E-state index in [4.69, 9.17) is 0 Å². The molecule has 6 nitrogen and oxygen atoms in total. The Morgan fingerprint density at radius 2 is 1.72 bits per heavy atom. The number of rotatable bonds is 7. The number of sulfonamides is 1. The first kappa shape index (κ1) is 22.2. The van der Waals surface area contributed by atoms with Crippen molar-refractivity contribution in [1.29, 1.82) is 0 Å². The van der Waals surface area contributed by atoms with Gasteiger partial charge in [0.2, 0.25) is 10.0 Å². The minimum absolute atomic E-state index is 0.101. The van der Waals surface area contributed by atoms with Gasteiger partial charge in [0.15, 0.2) is 6.04 Å². The third-order valence-corrected chi connectivity index (χ3v) is 8.68. The van der Waals surface area contributed by atoms with Crippen molar-refractivity contribution >= 4 is 15.9 Å². The summed E-state index contributed by atoms with van der Waals surface area (Å²) in [5, 5.41) is 3.17. The van der Waals surface area contributed by atoms with E-state index >= 15 is 0 Å². The van der Waals surface area contributed by atoms with Crippen molar-refractivity contribution < 1.29 is 18.1 Å². The minimum atomic E-state index is -3.48. The molecule has 29 heavy (non-hydrogen) atoms. The first-order valence-corrected chi connectivity index (χ1v) is 12.5. The highest BCUT2D eigenvalue weighted by Crippen LogP contribution is 2.22. The molecule has 3 rings (SSSR count). The summed E-state index contributed by atoms with van der Waals surface area (Å²) in [7, 11) is -3.48. The monoisotopic (exact) mass is 422 g/mol. The predicted octanol–water partition coefficient (Wildman–Crippen LogP) is 1.54. The molecule has 2 fully saturated rings. The summed E-state index contributed by atoms with van der Waals surface area (Å²) in [5.74, 6) is 0.527. The second-order valence-corrected chi connectivity index (χ2v) is 10.6. The second kappa shape index (κ2) is 9.58. The van der Waals surface area contributed by atoms with E-state index in [0.717, 1.165) is 19.3 Å². The van der Waals surface area contributed by atoms with Crippen molar-refractivity contribution in [2.75, 3.05) is 26.2 Å². The number of nitrogens with one attached hydrogen (secondary N) is 2. The Bertz CT molecular complexity index is 780.